The molecule has 8 heteroatoms. The van der Waals surface area contributed by atoms with Gasteiger partial charge in [-0.25, -0.2) is 4.39 Å². The van der Waals surface area contributed by atoms with Crippen molar-refractivity contribution in [2.75, 3.05) is 10.6 Å². The van der Waals surface area contributed by atoms with Gasteiger partial charge in [-0.05, 0) is 30.0 Å². The van der Waals surface area contributed by atoms with E-state index in [0.29, 0.717) is 0 Å². The van der Waals surface area contributed by atoms with Gasteiger partial charge in [0.2, 0.25) is 5.91 Å². The number of nitrogens with one attached hydrogen (secondary N) is 1. The first kappa shape index (κ1) is 14.3. The second kappa shape index (κ2) is 5.72. The molecule has 0 aliphatic rings. The minimum atomic E-state index is -4.47. The van der Waals surface area contributed by atoms with Gasteiger partial charge in [0.05, 0.1) is 11.0 Å². The number of hydrogen-bond acceptors (Lipinski definition) is 2. The summed E-state index contributed by atoms with van der Waals surface area (Å²) in [6.45, 7) is 0. The third-order valence-corrected chi connectivity index (χ3v) is 2.80. The Bertz CT molecular complexity index is 424. The van der Waals surface area contributed by atoms with Gasteiger partial charge in [0.15, 0.2) is 0 Å². The normalized spacial score (nSPS) is 11.4. The van der Waals surface area contributed by atoms with Crippen LogP contribution in [0.4, 0.5) is 23.2 Å². The van der Waals surface area contributed by atoms with Crippen LogP contribution in [0.5, 0.6) is 0 Å². The average Bonchev–Trinajstić information content (AvgIpc) is 2.19. The van der Waals surface area contributed by atoms with Gasteiger partial charge < -0.3 is 5.32 Å². The second-order valence-corrected chi connectivity index (χ2v) is 4.57. The summed E-state index contributed by atoms with van der Waals surface area (Å²) in [6.07, 6.45) is 0. The molecule has 0 unspecified atom stereocenters. The molecule has 0 spiro atoms. The highest BCUT2D eigenvalue weighted by molar-refractivity contribution is 9.09. The Kier molecular flexibility index (Phi) is 4.81. The molecule has 0 atom stereocenters. The Balaban J connectivity index is 2.83. The van der Waals surface area contributed by atoms with E-state index in [1.165, 1.54) is 0 Å². The average molecular weight is 332 g/mol. The Labute approximate surface area is 107 Å². The Morgan fingerprint density at radius 3 is 2.53 bits per heavy atom. The molecule has 94 valence electrons. The van der Waals surface area contributed by atoms with Gasteiger partial charge in [0.1, 0.15) is 5.82 Å². The lowest BCUT2D eigenvalue weighted by atomic mass is 10.3. The predicted octanol–water partition coefficient (Wildman–Crippen LogP) is 3.77. The number of rotatable bonds is 3. The van der Waals surface area contributed by atoms with Crippen LogP contribution in [0.1, 0.15) is 0 Å². The third-order valence-electron chi connectivity index (χ3n) is 1.57. The smallest absolute Gasteiger partial charge is 0.323 e. The van der Waals surface area contributed by atoms with Gasteiger partial charge in [-0.2, -0.15) is 13.2 Å². The minimum absolute atomic E-state index is 0.0223. The molecule has 1 amide bonds. The maximum atomic E-state index is 13.3. The Morgan fingerprint density at radius 1 is 1.41 bits per heavy atom. The van der Waals surface area contributed by atoms with E-state index in [2.05, 4.69) is 21.2 Å². The first-order chi connectivity index (χ1) is 7.81. The molecule has 0 bridgehead atoms. The van der Waals surface area contributed by atoms with E-state index in [1.54, 1.807) is 0 Å². The van der Waals surface area contributed by atoms with Crippen LogP contribution in [0, 0.1) is 5.82 Å². The standard InChI is InChI=1S/C9H6BrF4NOS/c10-4-8(16)15-7-2-1-5(3-6(7)11)17-9(12,13)14/h1-3H,4H2,(H,15,16). The molecular formula is C9H6BrF4NOS. The van der Waals surface area contributed by atoms with Crippen molar-refractivity contribution < 1.29 is 22.4 Å². The fourth-order valence-corrected chi connectivity index (χ4v) is 1.68. The molecular weight excluding hydrogens is 326 g/mol. The zero-order chi connectivity index (χ0) is 13.1. The molecule has 1 N–H and O–H groups in total. The van der Waals surface area contributed by atoms with Gasteiger partial charge in [-0.1, -0.05) is 15.9 Å². The van der Waals surface area contributed by atoms with E-state index in [1.807, 2.05) is 0 Å². The molecule has 1 aromatic rings. The summed E-state index contributed by atoms with van der Waals surface area (Å²) >= 11 is 2.45. The number of amides is 1. The fourth-order valence-electron chi connectivity index (χ4n) is 0.978. The monoisotopic (exact) mass is 331 g/mol. The molecule has 0 aliphatic heterocycles. The zero-order valence-electron chi connectivity index (χ0n) is 8.15. The second-order valence-electron chi connectivity index (χ2n) is 2.87. The number of carbonyl (C=O) groups excluding carboxylic acids is 1. The maximum absolute atomic E-state index is 13.3. The first-order valence-electron chi connectivity index (χ1n) is 4.23. The minimum Gasteiger partial charge on any atom is -0.323 e. The number of anilines is 1. The van der Waals surface area contributed by atoms with Crippen molar-refractivity contribution in [2.24, 2.45) is 0 Å². The molecule has 0 aromatic heterocycles. The quantitative estimate of drug-likeness (QED) is 0.519. The molecule has 0 saturated heterocycles. The summed E-state index contributed by atoms with van der Waals surface area (Å²) in [5.41, 5.74) is -4.62. The van der Waals surface area contributed by atoms with Crippen molar-refractivity contribution in [3.8, 4) is 0 Å². The number of alkyl halides is 4. The molecule has 1 rings (SSSR count). The summed E-state index contributed by atoms with van der Waals surface area (Å²) in [7, 11) is 0. The summed E-state index contributed by atoms with van der Waals surface area (Å²) in [6, 6.07) is 2.90. The van der Waals surface area contributed by atoms with E-state index < -0.39 is 29.0 Å². The lowest BCUT2D eigenvalue weighted by Gasteiger charge is -2.08. The van der Waals surface area contributed by atoms with Crippen LogP contribution < -0.4 is 5.32 Å². The molecule has 0 radical (unpaired) electrons. The maximum Gasteiger partial charge on any atom is 0.446 e. The Hall–Kier alpha value is -0.760. The van der Waals surface area contributed by atoms with E-state index in [4.69, 9.17) is 0 Å². The SMILES string of the molecule is O=C(CBr)Nc1ccc(SC(F)(F)F)cc1F. The molecule has 17 heavy (non-hydrogen) atoms. The fraction of sp³-hybridized carbons (Fsp3) is 0.222. The van der Waals surface area contributed by atoms with Gasteiger partial charge >= 0.3 is 5.51 Å². The van der Waals surface area contributed by atoms with Crippen LogP contribution in [0.25, 0.3) is 0 Å². The van der Waals surface area contributed by atoms with Gasteiger partial charge in [0, 0.05) is 4.90 Å². The van der Waals surface area contributed by atoms with Crippen molar-refractivity contribution in [2.45, 2.75) is 10.4 Å². The van der Waals surface area contributed by atoms with Crippen LogP contribution >= 0.6 is 27.7 Å². The van der Waals surface area contributed by atoms with Crippen LogP contribution in [0.3, 0.4) is 0 Å². The Morgan fingerprint density at radius 2 is 2.06 bits per heavy atom. The highest BCUT2D eigenvalue weighted by Crippen LogP contribution is 2.37. The zero-order valence-corrected chi connectivity index (χ0v) is 10.5. The van der Waals surface area contributed by atoms with E-state index in [0.717, 1.165) is 18.2 Å². The first-order valence-corrected chi connectivity index (χ1v) is 6.17. The molecule has 0 saturated carbocycles. The summed E-state index contributed by atoms with van der Waals surface area (Å²) in [4.78, 5) is 10.7. The topological polar surface area (TPSA) is 29.1 Å². The largest absolute Gasteiger partial charge is 0.446 e. The van der Waals surface area contributed by atoms with Gasteiger partial charge in [-0.3, -0.25) is 4.79 Å². The molecule has 1 aromatic carbocycles. The highest BCUT2D eigenvalue weighted by atomic mass is 79.9. The molecule has 0 heterocycles. The van der Waals surface area contributed by atoms with E-state index in [9.17, 15) is 22.4 Å². The summed E-state index contributed by atoms with van der Waals surface area (Å²) in [5.74, 6) is -1.39. The number of benzene rings is 1. The lowest BCUT2D eigenvalue weighted by molar-refractivity contribution is -0.113. The van der Waals surface area contributed by atoms with Crippen molar-refractivity contribution in [1.29, 1.82) is 0 Å². The van der Waals surface area contributed by atoms with Crippen molar-refractivity contribution in [3.05, 3.63) is 24.0 Å². The number of hydrogen-bond donors (Lipinski definition) is 1. The predicted molar refractivity (Wildman–Crippen MR) is 60.7 cm³/mol. The lowest BCUT2D eigenvalue weighted by Crippen LogP contribution is -2.13. The van der Waals surface area contributed by atoms with Crippen molar-refractivity contribution in [3.63, 3.8) is 0 Å². The van der Waals surface area contributed by atoms with Crippen LogP contribution in [-0.2, 0) is 4.79 Å². The van der Waals surface area contributed by atoms with Gasteiger partial charge in [0.25, 0.3) is 0 Å². The summed E-state index contributed by atoms with van der Waals surface area (Å²) in [5, 5.41) is 2.18. The molecule has 0 fully saturated rings. The number of halogens is 5. The van der Waals surface area contributed by atoms with E-state index in [-0.39, 0.29) is 15.9 Å². The van der Waals surface area contributed by atoms with Crippen molar-refractivity contribution in [1.82, 2.24) is 0 Å². The number of thioether (sulfide) groups is 1. The van der Waals surface area contributed by atoms with Gasteiger partial charge in [-0.15, -0.1) is 0 Å². The van der Waals surface area contributed by atoms with E-state index >= 15 is 0 Å². The third kappa shape index (κ3) is 4.95. The number of carbonyl (C=O) groups is 1. The molecule has 2 nitrogen and oxygen atoms in total. The van der Waals surface area contributed by atoms with Crippen molar-refractivity contribution >= 4 is 39.3 Å². The summed E-state index contributed by atoms with van der Waals surface area (Å²) < 4.78 is 49.3. The van der Waals surface area contributed by atoms with Crippen LogP contribution in [-0.4, -0.2) is 16.7 Å². The van der Waals surface area contributed by atoms with Crippen LogP contribution in [0.15, 0.2) is 23.1 Å². The highest BCUT2D eigenvalue weighted by Gasteiger charge is 2.29. The molecule has 0 aliphatic carbocycles. The van der Waals surface area contributed by atoms with Crippen LogP contribution in [0.2, 0.25) is 0 Å².